The molecule has 0 radical (unpaired) electrons. The third-order valence-corrected chi connectivity index (χ3v) is 6.61. The molecule has 3 aromatic carbocycles. The van der Waals surface area contributed by atoms with Gasteiger partial charge < -0.3 is 9.64 Å². The van der Waals surface area contributed by atoms with E-state index in [1.165, 1.54) is 15.9 Å². The van der Waals surface area contributed by atoms with Crippen LogP contribution in [-0.2, 0) is 13.1 Å². The van der Waals surface area contributed by atoms with E-state index in [2.05, 4.69) is 10.00 Å². The summed E-state index contributed by atoms with van der Waals surface area (Å²) >= 11 is 7.52. The van der Waals surface area contributed by atoms with Crippen LogP contribution in [0.1, 0.15) is 11.3 Å². The fourth-order valence-electron chi connectivity index (χ4n) is 3.67. The zero-order chi connectivity index (χ0) is 23.5. The van der Waals surface area contributed by atoms with Crippen LogP contribution in [0.15, 0.2) is 89.7 Å². The zero-order valence-corrected chi connectivity index (χ0v) is 20.0. The summed E-state index contributed by atoms with van der Waals surface area (Å²) in [5.74, 6) is 0.807. The summed E-state index contributed by atoms with van der Waals surface area (Å²) in [7, 11) is 1.65. The number of hydrogen-bond acceptors (Lipinski definition) is 6. The van der Waals surface area contributed by atoms with Crippen LogP contribution >= 0.6 is 22.9 Å². The predicted octanol–water partition coefficient (Wildman–Crippen LogP) is 5.69. The first-order chi connectivity index (χ1) is 16.6. The van der Waals surface area contributed by atoms with Crippen LogP contribution < -0.4 is 15.2 Å². The Morgan fingerprint density at radius 1 is 0.971 bits per heavy atom. The molecule has 0 fully saturated rings. The summed E-state index contributed by atoms with van der Waals surface area (Å²) in [6.07, 6.45) is 0. The molecular formula is C26H21ClN4O2S. The number of ether oxygens (including phenoxy) is 1. The van der Waals surface area contributed by atoms with Crippen molar-refractivity contribution in [3.63, 3.8) is 0 Å². The van der Waals surface area contributed by atoms with E-state index >= 15 is 0 Å². The van der Waals surface area contributed by atoms with E-state index in [-0.39, 0.29) is 5.56 Å². The van der Waals surface area contributed by atoms with Crippen molar-refractivity contribution in [1.29, 1.82) is 0 Å². The Balaban J connectivity index is 1.48. The highest BCUT2D eigenvalue weighted by atomic mass is 35.5. The lowest BCUT2D eigenvalue weighted by Gasteiger charge is -2.25. The lowest BCUT2D eigenvalue weighted by Crippen LogP contribution is -2.25. The Morgan fingerprint density at radius 2 is 1.71 bits per heavy atom. The minimum atomic E-state index is -0.195. The van der Waals surface area contributed by atoms with Crippen molar-refractivity contribution in [2.45, 2.75) is 13.1 Å². The van der Waals surface area contributed by atoms with Crippen molar-refractivity contribution in [3.05, 3.63) is 112 Å². The van der Waals surface area contributed by atoms with Gasteiger partial charge in [0.15, 0.2) is 0 Å². The van der Waals surface area contributed by atoms with Crippen LogP contribution in [0, 0.1) is 0 Å². The summed E-state index contributed by atoms with van der Waals surface area (Å²) < 4.78 is 6.64. The molecule has 2 heterocycles. The van der Waals surface area contributed by atoms with Crippen molar-refractivity contribution >= 4 is 33.6 Å². The molecule has 0 bridgehead atoms. The van der Waals surface area contributed by atoms with Crippen molar-refractivity contribution in [2.24, 2.45) is 0 Å². The molecule has 5 rings (SSSR count). The smallest absolute Gasteiger partial charge is 0.275 e. The highest BCUT2D eigenvalue weighted by Gasteiger charge is 2.14. The van der Waals surface area contributed by atoms with Crippen molar-refractivity contribution in [2.75, 3.05) is 12.0 Å². The Morgan fingerprint density at radius 3 is 2.41 bits per heavy atom. The third kappa shape index (κ3) is 4.81. The topological polar surface area (TPSA) is 59.7 Å². The van der Waals surface area contributed by atoms with Crippen molar-refractivity contribution in [3.8, 4) is 16.3 Å². The predicted molar refractivity (Wildman–Crippen MR) is 137 cm³/mol. The molecule has 6 nitrogen and oxygen atoms in total. The normalized spacial score (nSPS) is 11.0. The molecule has 0 aliphatic rings. The molecule has 0 aliphatic carbocycles. The molecule has 0 N–H and O–H groups in total. The van der Waals surface area contributed by atoms with Crippen molar-refractivity contribution < 1.29 is 4.74 Å². The van der Waals surface area contributed by atoms with Gasteiger partial charge in [-0.2, -0.15) is 9.61 Å². The van der Waals surface area contributed by atoms with Gasteiger partial charge in [0.1, 0.15) is 10.8 Å². The lowest BCUT2D eigenvalue weighted by atomic mass is 10.1. The van der Waals surface area contributed by atoms with E-state index in [1.54, 1.807) is 13.2 Å². The maximum atomic E-state index is 12.9. The number of methoxy groups -OCH3 is 1. The maximum Gasteiger partial charge on any atom is 0.275 e. The maximum absolute atomic E-state index is 12.9. The van der Waals surface area contributed by atoms with Gasteiger partial charge in [0, 0.05) is 28.9 Å². The summed E-state index contributed by atoms with van der Waals surface area (Å²) in [5.41, 5.74) is 3.53. The zero-order valence-electron chi connectivity index (χ0n) is 18.4. The molecule has 8 heteroatoms. The van der Waals surface area contributed by atoms with E-state index in [4.69, 9.17) is 21.3 Å². The van der Waals surface area contributed by atoms with Crippen LogP contribution in [0.5, 0.6) is 5.75 Å². The first kappa shape index (κ1) is 22.1. The van der Waals surface area contributed by atoms with E-state index in [0.717, 1.165) is 27.6 Å². The fraction of sp³-hybridized carbons (Fsp3) is 0.115. The summed E-state index contributed by atoms with van der Waals surface area (Å²) in [6, 6.07) is 27.0. The van der Waals surface area contributed by atoms with Crippen molar-refractivity contribution in [1.82, 2.24) is 14.6 Å². The van der Waals surface area contributed by atoms with Gasteiger partial charge in [-0.15, -0.1) is 0 Å². The molecule has 0 aliphatic heterocycles. The molecule has 0 spiro atoms. The summed E-state index contributed by atoms with van der Waals surface area (Å²) in [6.45, 7) is 1.09. The van der Waals surface area contributed by atoms with E-state index < -0.39 is 0 Å². The van der Waals surface area contributed by atoms with Gasteiger partial charge in [0.2, 0.25) is 4.96 Å². The molecule has 2 aromatic heterocycles. The van der Waals surface area contributed by atoms with Crippen LogP contribution in [-0.4, -0.2) is 21.7 Å². The van der Waals surface area contributed by atoms with E-state index in [0.29, 0.717) is 28.8 Å². The lowest BCUT2D eigenvalue weighted by molar-refractivity contribution is 0.414. The van der Waals surface area contributed by atoms with Gasteiger partial charge in [0.25, 0.3) is 5.56 Å². The quantitative estimate of drug-likeness (QED) is 0.294. The average Bonchev–Trinajstić information content (AvgIpc) is 3.30. The number of nitrogens with zero attached hydrogens (tertiary/aromatic N) is 4. The Labute approximate surface area is 205 Å². The minimum absolute atomic E-state index is 0.195. The summed E-state index contributed by atoms with van der Waals surface area (Å²) in [4.78, 5) is 20.4. The monoisotopic (exact) mass is 488 g/mol. The third-order valence-electron chi connectivity index (χ3n) is 5.40. The molecule has 170 valence electrons. The average molecular weight is 489 g/mol. The van der Waals surface area contributed by atoms with Gasteiger partial charge in [-0.1, -0.05) is 65.4 Å². The molecule has 0 unspecified atom stereocenters. The molecular weight excluding hydrogens is 468 g/mol. The van der Waals surface area contributed by atoms with Crippen LogP contribution in [0.3, 0.4) is 0 Å². The Bertz CT molecular complexity index is 1470. The molecule has 34 heavy (non-hydrogen) atoms. The van der Waals surface area contributed by atoms with Gasteiger partial charge in [0.05, 0.1) is 19.3 Å². The second-order valence-electron chi connectivity index (χ2n) is 7.73. The number of fused-ring (bicyclic) bond motifs is 1. The molecule has 0 amide bonds. The largest absolute Gasteiger partial charge is 0.497 e. The van der Waals surface area contributed by atoms with E-state index in [1.807, 2.05) is 78.9 Å². The molecule has 0 saturated heterocycles. The first-order valence-corrected chi connectivity index (χ1v) is 11.9. The highest BCUT2D eigenvalue weighted by molar-refractivity contribution is 7.19. The first-order valence-electron chi connectivity index (χ1n) is 10.7. The van der Waals surface area contributed by atoms with Crippen LogP contribution in [0.2, 0.25) is 5.02 Å². The second kappa shape index (κ2) is 9.67. The highest BCUT2D eigenvalue weighted by Crippen LogP contribution is 2.26. The number of anilines is 1. The second-order valence-corrected chi connectivity index (χ2v) is 9.13. The Hall–Kier alpha value is -3.68. The summed E-state index contributed by atoms with van der Waals surface area (Å²) in [5, 5.41) is 5.90. The molecule has 5 aromatic rings. The molecule has 0 atom stereocenters. The fourth-order valence-corrected chi connectivity index (χ4v) is 4.73. The number of rotatable bonds is 7. The van der Waals surface area contributed by atoms with Crippen LogP contribution in [0.25, 0.3) is 15.5 Å². The van der Waals surface area contributed by atoms with Gasteiger partial charge in [-0.05, 0) is 42.0 Å². The Kier molecular flexibility index (Phi) is 6.29. The number of aromatic nitrogens is 3. The van der Waals surface area contributed by atoms with Gasteiger partial charge in [-0.25, -0.2) is 4.98 Å². The standard InChI is InChI=1S/C26H21ClN4O2S/c1-33-23-13-7-18(8-14-23)16-30(22-11-9-20(27)10-12-22)17-21-15-24(32)31-26(28-21)34-25(29-31)19-5-3-2-4-6-19/h2-15H,16-17H2,1H3. The minimum Gasteiger partial charge on any atom is -0.497 e. The van der Waals surface area contributed by atoms with Crippen LogP contribution in [0.4, 0.5) is 5.69 Å². The number of halogens is 1. The van der Waals surface area contributed by atoms with E-state index in [9.17, 15) is 4.79 Å². The van der Waals surface area contributed by atoms with Gasteiger partial charge in [-0.3, -0.25) is 4.79 Å². The molecule has 0 saturated carbocycles. The number of hydrogen-bond donors (Lipinski definition) is 0. The SMILES string of the molecule is COc1ccc(CN(Cc2cc(=O)n3nc(-c4ccccc4)sc3n2)c2ccc(Cl)cc2)cc1. The van der Waals surface area contributed by atoms with Gasteiger partial charge >= 0.3 is 0 Å². The number of benzene rings is 3.